The minimum Gasteiger partial charge on any atom is -0.497 e. The highest BCUT2D eigenvalue weighted by Crippen LogP contribution is 2.61. The van der Waals surface area contributed by atoms with Crippen molar-refractivity contribution in [2.45, 2.75) is 66.7 Å². The minimum atomic E-state index is 0.410. The maximum Gasteiger partial charge on any atom is 0.123 e. The number of ether oxygens (including phenoxy) is 2. The molecule has 2 fully saturated rings. The van der Waals surface area contributed by atoms with Gasteiger partial charge in [0.25, 0.3) is 0 Å². The molecule has 2 aliphatic carbocycles. The second-order valence-electron chi connectivity index (χ2n) is 9.56. The average Bonchev–Trinajstić information content (AvgIpc) is 2.52. The first kappa shape index (κ1) is 18.6. The summed E-state index contributed by atoms with van der Waals surface area (Å²) in [7, 11) is 1.72. The third-order valence-corrected chi connectivity index (χ3v) is 7.41. The van der Waals surface area contributed by atoms with E-state index in [1.54, 1.807) is 7.11 Å². The van der Waals surface area contributed by atoms with Gasteiger partial charge >= 0.3 is 0 Å². The number of methoxy groups -OCH3 is 1. The molecular formula is C23H36O2. The summed E-state index contributed by atoms with van der Waals surface area (Å²) in [4.78, 5) is 0. The van der Waals surface area contributed by atoms with Crippen LogP contribution in [0.25, 0.3) is 0 Å². The SMILES string of the molecule is COc1cc(C)cc(OCC2C(C)CCC3C(C)(C)CCCC23C)c1. The van der Waals surface area contributed by atoms with Gasteiger partial charge < -0.3 is 9.47 Å². The fourth-order valence-electron chi connectivity index (χ4n) is 6.07. The quantitative estimate of drug-likeness (QED) is 0.641. The number of fused-ring (bicyclic) bond motifs is 1. The van der Waals surface area contributed by atoms with Crippen LogP contribution in [0.15, 0.2) is 18.2 Å². The van der Waals surface area contributed by atoms with E-state index in [-0.39, 0.29) is 0 Å². The molecule has 2 aliphatic rings. The first-order valence-electron chi connectivity index (χ1n) is 10.0. The van der Waals surface area contributed by atoms with Gasteiger partial charge in [0.05, 0.1) is 13.7 Å². The monoisotopic (exact) mass is 344 g/mol. The van der Waals surface area contributed by atoms with Crippen molar-refractivity contribution in [2.24, 2.45) is 28.6 Å². The van der Waals surface area contributed by atoms with Gasteiger partial charge in [-0.2, -0.15) is 0 Å². The van der Waals surface area contributed by atoms with Crippen molar-refractivity contribution in [1.29, 1.82) is 0 Å². The van der Waals surface area contributed by atoms with Crippen LogP contribution in [0.5, 0.6) is 11.5 Å². The second kappa shape index (κ2) is 6.85. The van der Waals surface area contributed by atoms with Crippen molar-refractivity contribution in [3.05, 3.63) is 23.8 Å². The van der Waals surface area contributed by atoms with E-state index in [0.29, 0.717) is 16.7 Å². The molecule has 0 radical (unpaired) electrons. The zero-order valence-corrected chi connectivity index (χ0v) is 17.0. The summed E-state index contributed by atoms with van der Waals surface area (Å²) in [6, 6.07) is 6.20. The van der Waals surface area contributed by atoms with Gasteiger partial charge in [-0.15, -0.1) is 0 Å². The average molecular weight is 345 g/mol. The zero-order valence-electron chi connectivity index (χ0n) is 17.0. The lowest BCUT2D eigenvalue weighted by Gasteiger charge is -2.59. The zero-order chi connectivity index (χ0) is 18.2. The van der Waals surface area contributed by atoms with E-state index in [9.17, 15) is 0 Å². The Bertz CT molecular complexity index is 606. The summed E-state index contributed by atoms with van der Waals surface area (Å²) >= 11 is 0. The van der Waals surface area contributed by atoms with Gasteiger partial charge in [0, 0.05) is 12.0 Å². The Hall–Kier alpha value is -1.18. The molecule has 1 aromatic carbocycles. The first-order valence-corrected chi connectivity index (χ1v) is 10.0. The Morgan fingerprint density at radius 3 is 2.48 bits per heavy atom. The Morgan fingerprint density at radius 1 is 1.04 bits per heavy atom. The molecule has 25 heavy (non-hydrogen) atoms. The summed E-state index contributed by atoms with van der Waals surface area (Å²) in [5.74, 6) is 4.03. The summed E-state index contributed by atoms with van der Waals surface area (Å²) < 4.78 is 11.7. The van der Waals surface area contributed by atoms with Crippen molar-refractivity contribution in [3.63, 3.8) is 0 Å². The van der Waals surface area contributed by atoms with Crippen molar-refractivity contribution in [1.82, 2.24) is 0 Å². The van der Waals surface area contributed by atoms with Gasteiger partial charge in [0.15, 0.2) is 0 Å². The molecule has 0 bridgehead atoms. The summed E-state index contributed by atoms with van der Waals surface area (Å²) in [5.41, 5.74) is 2.07. The summed E-state index contributed by atoms with van der Waals surface area (Å²) in [5, 5.41) is 0. The molecule has 0 saturated heterocycles. The fourth-order valence-corrected chi connectivity index (χ4v) is 6.07. The van der Waals surface area contributed by atoms with Gasteiger partial charge in [-0.1, -0.05) is 34.1 Å². The highest BCUT2D eigenvalue weighted by molar-refractivity contribution is 5.37. The molecule has 140 valence electrons. The molecule has 4 unspecified atom stereocenters. The molecular weight excluding hydrogens is 308 g/mol. The van der Waals surface area contributed by atoms with E-state index in [4.69, 9.17) is 9.47 Å². The topological polar surface area (TPSA) is 18.5 Å². The van der Waals surface area contributed by atoms with Crippen LogP contribution in [0.1, 0.15) is 65.4 Å². The molecule has 0 aromatic heterocycles. The number of hydrogen-bond acceptors (Lipinski definition) is 2. The smallest absolute Gasteiger partial charge is 0.123 e. The number of benzene rings is 1. The van der Waals surface area contributed by atoms with Gasteiger partial charge in [-0.05, 0) is 73.0 Å². The molecule has 0 amide bonds. The summed E-state index contributed by atoms with van der Waals surface area (Å²) in [6.45, 7) is 12.9. The van der Waals surface area contributed by atoms with Crippen LogP contribution in [0.2, 0.25) is 0 Å². The highest BCUT2D eigenvalue weighted by Gasteiger charge is 2.53. The van der Waals surface area contributed by atoms with Gasteiger partial charge in [0.1, 0.15) is 11.5 Å². The normalized spacial score (nSPS) is 34.2. The van der Waals surface area contributed by atoms with Crippen LogP contribution in [-0.4, -0.2) is 13.7 Å². The molecule has 2 saturated carbocycles. The Balaban J connectivity index is 1.79. The Labute approximate surface area is 154 Å². The Morgan fingerprint density at radius 2 is 1.76 bits per heavy atom. The summed E-state index contributed by atoms with van der Waals surface area (Å²) in [6.07, 6.45) is 6.83. The van der Waals surface area contributed by atoms with E-state index >= 15 is 0 Å². The minimum absolute atomic E-state index is 0.410. The van der Waals surface area contributed by atoms with Crippen LogP contribution in [-0.2, 0) is 0 Å². The van der Waals surface area contributed by atoms with Crippen molar-refractivity contribution in [3.8, 4) is 11.5 Å². The molecule has 3 rings (SSSR count). The molecule has 2 heteroatoms. The molecule has 0 aliphatic heterocycles. The molecule has 0 N–H and O–H groups in total. The highest BCUT2D eigenvalue weighted by atomic mass is 16.5. The fraction of sp³-hybridized carbons (Fsp3) is 0.739. The molecule has 4 atom stereocenters. The van der Waals surface area contributed by atoms with Crippen LogP contribution in [0.3, 0.4) is 0 Å². The lowest BCUT2D eigenvalue weighted by molar-refractivity contribution is -0.105. The van der Waals surface area contributed by atoms with E-state index in [1.165, 1.54) is 37.7 Å². The predicted octanol–water partition coefficient (Wildman–Crippen LogP) is 6.26. The van der Waals surface area contributed by atoms with Crippen LogP contribution >= 0.6 is 0 Å². The third-order valence-electron chi connectivity index (χ3n) is 7.41. The van der Waals surface area contributed by atoms with Crippen LogP contribution in [0.4, 0.5) is 0 Å². The molecule has 1 aromatic rings. The molecule has 2 nitrogen and oxygen atoms in total. The molecule has 0 spiro atoms. The number of rotatable bonds is 4. The van der Waals surface area contributed by atoms with Crippen LogP contribution in [0, 0.1) is 35.5 Å². The maximum atomic E-state index is 6.34. The third kappa shape index (κ3) is 3.55. The first-order chi connectivity index (χ1) is 11.8. The van der Waals surface area contributed by atoms with E-state index in [2.05, 4.69) is 46.8 Å². The molecule has 0 heterocycles. The van der Waals surface area contributed by atoms with Gasteiger partial charge in [-0.25, -0.2) is 0 Å². The second-order valence-corrected chi connectivity index (χ2v) is 9.56. The lowest BCUT2D eigenvalue weighted by atomic mass is 9.47. The Kier molecular flexibility index (Phi) is 5.10. The van der Waals surface area contributed by atoms with Crippen molar-refractivity contribution >= 4 is 0 Å². The number of aryl methyl sites for hydroxylation is 1. The van der Waals surface area contributed by atoms with Crippen molar-refractivity contribution in [2.75, 3.05) is 13.7 Å². The van der Waals surface area contributed by atoms with Crippen LogP contribution < -0.4 is 9.47 Å². The van der Waals surface area contributed by atoms with E-state index in [1.807, 2.05) is 6.07 Å². The van der Waals surface area contributed by atoms with Crippen molar-refractivity contribution < 1.29 is 9.47 Å². The van der Waals surface area contributed by atoms with Gasteiger partial charge in [0.2, 0.25) is 0 Å². The van der Waals surface area contributed by atoms with E-state index < -0.39 is 0 Å². The number of hydrogen-bond donors (Lipinski definition) is 0. The lowest BCUT2D eigenvalue weighted by Crippen LogP contribution is -2.52. The standard InChI is InChI=1S/C23H36O2/c1-16-12-18(24-6)14-19(13-16)25-15-20-17(2)8-9-21-22(3,4)10-7-11-23(20,21)5/h12-14,17,20-21H,7-11,15H2,1-6H3. The maximum absolute atomic E-state index is 6.34. The predicted molar refractivity (Wildman–Crippen MR) is 104 cm³/mol. The van der Waals surface area contributed by atoms with E-state index in [0.717, 1.165) is 29.9 Å². The van der Waals surface area contributed by atoms with Gasteiger partial charge in [-0.3, -0.25) is 0 Å². The largest absolute Gasteiger partial charge is 0.497 e.